The molecule has 2 aromatic rings. The van der Waals surface area contributed by atoms with E-state index < -0.39 is 11.9 Å². The molecule has 0 saturated carbocycles. The Morgan fingerprint density at radius 3 is 2.95 bits per heavy atom. The summed E-state index contributed by atoms with van der Waals surface area (Å²) in [4.78, 5) is 24.8. The van der Waals surface area contributed by atoms with Crippen molar-refractivity contribution >= 4 is 44.6 Å². The lowest BCUT2D eigenvalue weighted by Crippen LogP contribution is -2.41. The molecule has 0 spiro atoms. The van der Waals surface area contributed by atoms with E-state index in [2.05, 4.69) is 26.3 Å². The smallest absolute Gasteiger partial charge is 0.274 e. The van der Waals surface area contributed by atoms with Gasteiger partial charge in [-0.1, -0.05) is 22.0 Å². The number of benzene rings is 1. The van der Waals surface area contributed by atoms with Gasteiger partial charge in [0.15, 0.2) is 5.82 Å². The molecular formula is C13H11BrN4O2. The largest absolute Gasteiger partial charge is 0.330 e. The molecule has 3 rings (SSSR count). The number of amides is 3. The van der Waals surface area contributed by atoms with Gasteiger partial charge in [0.1, 0.15) is 0 Å². The van der Waals surface area contributed by atoms with Crippen LogP contribution in [0, 0.1) is 0 Å². The maximum atomic E-state index is 12.0. The third-order valence-electron chi connectivity index (χ3n) is 3.08. The first-order valence-corrected chi connectivity index (χ1v) is 6.77. The fourth-order valence-corrected chi connectivity index (χ4v) is 2.51. The lowest BCUT2D eigenvalue weighted by Gasteiger charge is -2.16. The summed E-state index contributed by atoms with van der Waals surface area (Å²) in [6, 6.07) is 5.25. The third-order valence-corrected chi connectivity index (χ3v) is 3.58. The number of halogens is 1. The van der Waals surface area contributed by atoms with Crippen LogP contribution in [0.3, 0.4) is 0 Å². The summed E-state index contributed by atoms with van der Waals surface area (Å²) < 4.78 is 2.65. The van der Waals surface area contributed by atoms with E-state index in [0.717, 1.165) is 15.4 Å². The average Bonchev–Trinajstić information content (AvgIpc) is 2.60. The molecule has 0 saturated heterocycles. The van der Waals surface area contributed by atoms with Gasteiger partial charge in [0.25, 0.3) is 5.91 Å². The minimum atomic E-state index is -0.470. The molecule has 1 aliphatic heterocycles. The Labute approximate surface area is 123 Å². The number of hydrogen-bond donors (Lipinski definition) is 1. The van der Waals surface area contributed by atoms with Gasteiger partial charge in [0.2, 0.25) is 0 Å². The van der Waals surface area contributed by atoms with Crippen molar-refractivity contribution in [3.63, 3.8) is 0 Å². The molecule has 6 nitrogen and oxygen atoms in total. The molecule has 1 aromatic carbocycles. The van der Waals surface area contributed by atoms with E-state index in [4.69, 9.17) is 0 Å². The highest BCUT2D eigenvalue weighted by molar-refractivity contribution is 9.10. The summed E-state index contributed by atoms with van der Waals surface area (Å²) in [5, 5.41) is 7.52. The average molecular weight is 335 g/mol. The second-order valence-corrected chi connectivity index (χ2v) is 5.33. The van der Waals surface area contributed by atoms with Crippen molar-refractivity contribution < 1.29 is 9.59 Å². The van der Waals surface area contributed by atoms with E-state index in [-0.39, 0.29) is 0 Å². The zero-order valence-corrected chi connectivity index (χ0v) is 12.2. The molecular weight excluding hydrogens is 324 g/mol. The van der Waals surface area contributed by atoms with Gasteiger partial charge in [0.05, 0.1) is 5.52 Å². The number of aryl methyl sites for hydroxylation is 1. The quantitative estimate of drug-likeness (QED) is 0.866. The Morgan fingerprint density at radius 2 is 2.15 bits per heavy atom. The van der Waals surface area contributed by atoms with Crippen LogP contribution in [-0.4, -0.2) is 28.3 Å². The molecule has 1 N–H and O–H groups in total. The monoisotopic (exact) mass is 334 g/mol. The van der Waals surface area contributed by atoms with Crippen LogP contribution in [0.1, 0.15) is 0 Å². The predicted octanol–water partition coefficient (Wildman–Crippen LogP) is 1.95. The van der Waals surface area contributed by atoms with Gasteiger partial charge in [-0.05, 0) is 18.2 Å². The van der Waals surface area contributed by atoms with Crippen LogP contribution < -0.4 is 10.2 Å². The van der Waals surface area contributed by atoms with Gasteiger partial charge < -0.3 is 0 Å². The van der Waals surface area contributed by atoms with Gasteiger partial charge in [-0.15, -0.1) is 0 Å². The van der Waals surface area contributed by atoms with E-state index in [9.17, 15) is 9.59 Å². The van der Waals surface area contributed by atoms with Crippen molar-refractivity contribution in [2.24, 2.45) is 7.05 Å². The molecule has 1 aromatic heterocycles. The van der Waals surface area contributed by atoms with Crippen molar-refractivity contribution in [3.8, 4) is 0 Å². The Morgan fingerprint density at radius 1 is 1.35 bits per heavy atom. The second-order valence-electron chi connectivity index (χ2n) is 4.42. The van der Waals surface area contributed by atoms with Crippen molar-refractivity contribution in [2.45, 2.75) is 0 Å². The van der Waals surface area contributed by atoms with Crippen molar-refractivity contribution in [1.82, 2.24) is 15.1 Å². The molecule has 0 fully saturated rings. The van der Waals surface area contributed by atoms with E-state index in [1.165, 1.54) is 11.0 Å². The minimum absolute atomic E-state index is 0.305. The van der Waals surface area contributed by atoms with Crippen LogP contribution in [0.25, 0.3) is 10.9 Å². The number of aromatic nitrogens is 2. The molecule has 3 amide bonds. The zero-order valence-electron chi connectivity index (χ0n) is 10.6. The molecule has 1 aliphatic rings. The molecule has 20 heavy (non-hydrogen) atoms. The fourth-order valence-electron chi connectivity index (χ4n) is 2.16. The highest BCUT2D eigenvalue weighted by atomic mass is 79.9. The van der Waals surface area contributed by atoms with Gasteiger partial charge in [0, 0.05) is 29.5 Å². The molecule has 0 atom stereocenters. The first-order valence-electron chi connectivity index (χ1n) is 5.97. The van der Waals surface area contributed by atoms with E-state index in [1.807, 2.05) is 25.2 Å². The van der Waals surface area contributed by atoms with Gasteiger partial charge in [-0.2, -0.15) is 5.10 Å². The van der Waals surface area contributed by atoms with Crippen LogP contribution in [0.2, 0.25) is 0 Å². The number of hydrogen-bond acceptors (Lipinski definition) is 3. The number of carbonyl (C=O) groups is 2. The summed E-state index contributed by atoms with van der Waals surface area (Å²) in [5.41, 5.74) is 0.904. The fraction of sp³-hybridized carbons (Fsp3) is 0.154. The molecule has 7 heteroatoms. The number of anilines is 1. The highest BCUT2D eigenvalue weighted by Crippen LogP contribution is 2.28. The van der Waals surface area contributed by atoms with E-state index >= 15 is 0 Å². The second kappa shape index (κ2) is 4.75. The lowest BCUT2D eigenvalue weighted by atomic mass is 10.2. The molecule has 0 unspecified atom stereocenters. The number of urea groups is 1. The van der Waals surface area contributed by atoms with Crippen LogP contribution in [0.5, 0.6) is 0 Å². The zero-order chi connectivity index (χ0) is 14.3. The minimum Gasteiger partial charge on any atom is -0.274 e. The van der Waals surface area contributed by atoms with Crippen LogP contribution in [-0.2, 0) is 11.8 Å². The van der Waals surface area contributed by atoms with Crippen LogP contribution in [0.15, 0.2) is 34.8 Å². The molecule has 0 radical (unpaired) electrons. The van der Waals surface area contributed by atoms with Gasteiger partial charge in [-0.25, -0.2) is 4.79 Å². The summed E-state index contributed by atoms with van der Waals surface area (Å²) in [5.74, 6) is 0.118. The normalized spacial score (nSPS) is 15.6. The van der Waals surface area contributed by atoms with Gasteiger partial charge in [-0.3, -0.25) is 19.7 Å². The number of nitrogens with zero attached hydrogens (tertiary/aromatic N) is 3. The number of fused-ring (bicyclic) bond motifs is 1. The van der Waals surface area contributed by atoms with Crippen LogP contribution in [0.4, 0.5) is 10.6 Å². The number of carbonyl (C=O) groups excluding carboxylic acids is 2. The topological polar surface area (TPSA) is 67.2 Å². The Hall–Kier alpha value is -2.15. The predicted molar refractivity (Wildman–Crippen MR) is 78.4 cm³/mol. The Bertz CT molecular complexity index is 750. The molecule has 2 heterocycles. The summed E-state index contributed by atoms with van der Waals surface area (Å²) >= 11 is 3.41. The SMILES string of the molecule is Cn1nc(N2CC=CC(=O)NC2=O)c2ccc(Br)cc21. The van der Waals surface area contributed by atoms with E-state index in [1.54, 1.807) is 10.8 Å². The van der Waals surface area contributed by atoms with Crippen LogP contribution >= 0.6 is 15.9 Å². The third kappa shape index (κ3) is 2.09. The molecule has 0 bridgehead atoms. The summed E-state index contributed by atoms with van der Waals surface area (Å²) in [6.45, 7) is 0.305. The standard InChI is InChI=1S/C13H11BrN4O2/c1-17-10-7-8(14)4-5-9(10)12(16-17)18-6-2-3-11(19)15-13(18)20/h2-5,7H,6H2,1H3,(H,15,19,20). The summed E-state index contributed by atoms with van der Waals surface area (Å²) in [6.07, 6.45) is 2.99. The molecule has 102 valence electrons. The van der Waals surface area contributed by atoms with Crippen molar-refractivity contribution in [2.75, 3.05) is 11.4 Å². The first kappa shape index (κ1) is 12.9. The van der Waals surface area contributed by atoms with E-state index in [0.29, 0.717) is 12.4 Å². The number of nitrogens with one attached hydrogen (secondary N) is 1. The van der Waals surface area contributed by atoms with Crippen molar-refractivity contribution in [3.05, 3.63) is 34.8 Å². The molecule has 0 aliphatic carbocycles. The van der Waals surface area contributed by atoms with Crippen molar-refractivity contribution in [1.29, 1.82) is 0 Å². The maximum absolute atomic E-state index is 12.0. The maximum Gasteiger partial charge on any atom is 0.330 e. The number of imide groups is 1. The Kier molecular flexibility index (Phi) is 3.06. The summed E-state index contributed by atoms with van der Waals surface area (Å²) in [7, 11) is 1.81. The van der Waals surface area contributed by atoms with Gasteiger partial charge >= 0.3 is 6.03 Å². The lowest BCUT2D eigenvalue weighted by molar-refractivity contribution is -0.115. The Balaban J connectivity index is 2.12. The first-order chi connectivity index (χ1) is 9.56. The number of rotatable bonds is 1. The highest BCUT2D eigenvalue weighted by Gasteiger charge is 2.23.